The molecule has 2 rings (SSSR count). The largest absolute Gasteiger partial charge is 0.508 e. The number of methoxy groups -OCH3 is 1. The van der Waals surface area contributed by atoms with Crippen LogP contribution in [0.3, 0.4) is 0 Å². The first-order valence-corrected chi connectivity index (χ1v) is 5.61. The van der Waals surface area contributed by atoms with Gasteiger partial charge in [-0.25, -0.2) is 0 Å². The highest BCUT2D eigenvalue weighted by molar-refractivity contribution is 5.30. The second kappa shape index (κ2) is 4.23. The van der Waals surface area contributed by atoms with Gasteiger partial charge in [0.15, 0.2) is 0 Å². The second-order valence-corrected chi connectivity index (χ2v) is 4.31. The highest BCUT2D eigenvalue weighted by Gasteiger charge is 2.33. The quantitative estimate of drug-likeness (QED) is 0.805. The summed E-state index contributed by atoms with van der Waals surface area (Å²) in [6.07, 6.45) is 5.95. The zero-order valence-corrected chi connectivity index (χ0v) is 9.20. The summed E-state index contributed by atoms with van der Waals surface area (Å²) in [5, 5.41) is 9.27. The fourth-order valence-electron chi connectivity index (χ4n) is 2.50. The number of rotatable bonds is 2. The topological polar surface area (TPSA) is 29.5 Å². The SMILES string of the molecule is COC1(c2ccc(O)cc2)CCCCC1. The van der Waals surface area contributed by atoms with Gasteiger partial charge in [-0.3, -0.25) is 0 Å². The third-order valence-corrected chi connectivity index (χ3v) is 3.45. The maximum atomic E-state index is 9.27. The van der Waals surface area contributed by atoms with Gasteiger partial charge in [0.05, 0.1) is 5.60 Å². The molecule has 2 nitrogen and oxygen atoms in total. The summed E-state index contributed by atoms with van der Waals surface area (Å²) in [4.78, 5) is 0. The highest BCUT2D eigenvalue weighted by atomic mass is 16.5. The molecule has 0 bridgehead atoms. The van der Waals surface area contributed by atoms with E-state index in [0.29, 0.717) is 5.75 Å². The molecule has 0 saturated heterocycles. The van der Waals surface area contributed by atoms with Gasteiger partial charge in [0, 0.05) is 7.11 Å². The molecule has 0 unspecified atom stereocenters. The lowest BCUT2D eigenvalue weighted by atomic mass is 9.79. The summed E-state index contributed by atoms with van der Waals surface area (Å²) in [5.41, 5.74) is 1.09. The molecule has 0 radical (unpaired) electrons. The summed E-state index contributed by atoms with van der Waals surface area (Å²) in [7, 11) is 1.79. The van der Waals surface area contributed by atoms with Crippen molar-refractivity contribution in [3.05, 3.63) is 29.8 Å². The molecule has 2 heteroatoms. The molecule has 0 amide bonds. The zero-order valence-electron chi connectivity index (χ0n) is 9.20. The van der Waals surface area contributed by atoms with Gasteiger partial charge < -0.3 is 9.84 Å². The van der Waals surface area contributed by atoms with Gasteiger partial charge in [-0.05, 0) is 30.5 Å². The molecule has 0 aromatic heterocycles. The maximum Gasteiger partial charge on any atom is 0.115 e. The Kier molecular flexibility index (Phi) is 2.96. The van der Waals surface area contributed by atoms with Gasteiger partial charge in [-0.2, -0.15) is 0 Å². The van der Waals surface area contributed by atoms with E-state index < -0.39 is 0 Å². The van der Waals surface area contributed by atoms with E-state index in [9.17, 15) is 5.11 Å². The van der Waals surface area contributed by atoms with Crippen LogP contribution >= 0.6 is 0 Å². The fraction of sp³-hybridized carbons (Fsp3) is 0.538. The van der Waals surface area contributed by atoms with Crippen LogP contribution in [0.2, 0.25) is 0 Å². The number of hydrogen-bond donors (Lipinski definition) is 1. The first-order chi connectivity index (χ1) is 7.27. The molecular formula is C13H18O2. The van der Waals surface area contributed by atoms with Crippen LogP contribution in [-0.4, -0.2) is 12.2 Å². The molecule has 1 aliphatic carbocycles. The Morgan fingerprint density at radius 2 is 1.67 bits per heavy atom. The van der Waals surface area contributed by atoms with E-state index in [0.717, 1.165) is 12.8 Å². The number of aromatic hydroxyl groups is 1. The van der Waals surface area contributed by atoms with E-state index in [-0.39, 0.29) is 5.60 Å². The van der Waals surface area contributed by atoms with E-state index in [2.05, 4.69) is 0 Å². The number of ether oxygens (including phenoxy) is 1. The van der Waals surface area contributed by atoms with Crippen molar-refractivity contribution >= 4 is 0 Å². The normalized spacial score (nSPS) is 20.1. The molecule has 0 atom stereocenters. The first kappa shape index (κ1) is 10.5. The predicted molar refractivity (Wildman–Crippen MR) is 59.9 cm³/mol. The van der Waals surface area contributed by atoms with Gasteiger partial charge in [0.1, 0.15) is 5.75 Å². The Morgan fingerprint density at radius 1 is 1.07 bits per heavy atom. The lowest BCUT2D eigenvalue weighted by Crippen LogP contribution is -2.30. The molecule has 1 aromatic carbocycles. The monoisotopic (exact) mass is 206 g/mol. The average Bonchev–Trinajstić information content (AvgIpc) is 2.31. The summed E-state index contributed by atoms with van der Waals surface area (Å²) in [6.45, 7) is 0. The van der Waals surface area contributed by atoms with Gasteiger partial charge in [0.25, 0.3) is 0 Å². The molecule has 1 aliphatic rings. The van der Waals surface area contributed by atoms with Crippen LogP contribution in [0.1, 0.15) is 37.7 Å². The van der Waals surface area contributed by atoms with Gasteiger partial charge in [0.2, 0.25) is 0 Å². The van der Waals surface area contributed by atoms with Crippen molar-refractivity contribution in [3.63, 3.8) is 0 Å². The Balaban J connectivity index is 2.28. The van der Waals surface area contributed by atoms with E-state index in [1.807, 2.05) is 12.1 Å². The third-order valence-electron chi connectivity index (χ3n) is 3.45. The van der Waals surface area contributed by atoms with Crippen LogP contribution < -0.4 is 0 Å². The molecule has 0 heterocycles. The van der Waals surface area contributed by atoms with Gasteiger partial charge in [-0.1, -0.05) is 31.4 Å². The number of phenolic OH excluding ortho intramolecular Hbond substituents is 1. The van der Waals surface area contributed by atoms with Crippen LogP contribution in [0.15, 0.2) is 24.3 Å². The fourth-order valence-corrected chi connectivity index (χ4v) is 2.50. The molecule has 1 aromatic rings. The minimum Gasteiger partial charge on any atom is -0.508 e. The van der Waals surface area contributed by atoms with Crippen LogP contribution in [0.25, 0.3) is 0 Å². The molecule has 1 N–H and O–H groups in total. The first-order valence-electron chi connectivity index (χ1n) is 5.61. The molecule has 0 aliphatic heterocycles. The van der Waals surface area contributed by atoms with Crippen molar-refractivity contribution in [2.24, 2.45) is 0 Å². The number of hydrogen-bond acceptors (Lipinski definition) is 2. The van der Waals surface area contributed by atoms with Crippen LogP contribution in [-0.2, 0) is 10.3 Å². The average molecular weight is 206 g/mol. The Hall–Kier alpha value is -1.02. The summed E-state index contributed by atoms with van der Waals surface area (Å²) in [6, 6.07) is 7.43. The summed E-state index contributed by atoms with van der Waals surface area (Å²) < 4.78 is 5.72. The molecular weight excluding hydrogens is 188 g/mol. The molecule has 1 saturated carbocycles. The van der Waals surface area contributed by atoms with Gasteiger partial charge in [-0.15, -0.1) is 0 Å². The Morgan fingerprint density at radius 3 is 2.20 bits per heavy atom. The van der Waals surface area contributed by atoms with Crippen LogP contribution in [0.5, 0.6) is 5.75 Å². The zero-order chi connectivity index (χ0) is 10.7. The maximum absolute atomic E-state index is 9.27. The van der Waals surface area contributed by atoms with E-state index in [1.54, 1.807) is 19.2 Å². The highest BCUT2D eigenvalue weighted by Crippen LogP contribution is 2.40. The second-order valence-electron chi connectivity index (χ2n) is 4.31. The third kappa shape index (κ3) is 2.00. The van der Waals surface area contributed by atoms with Crippen molar-refractivity contribution < 1.29 is 9.84 Å². The van der Waals surface area contributed by atoms with Crippen molar-refractivity contribution in [1.82, 2.24) is 0 Å². The van der Waals surface area contributed by atoms with E-state index in [1.165, 1.54) is 24.8 Å². The summed E-state index contributed by atoms with van der Waals surface area (Å²) in [5.74, 6) is 0.320. The standard InChI is InChI=1S/C13H18O2/c1-15-13(9-3-2-4-10-13)11-5-7-12(14)8-6-11/h5-8,14H,2-4,9-10H2,1H3. The Labute approximate surface area is 90.9 Å². The summed E-state index contributed by atoms with van der Waals surface area (Å²) >= 11 is 0. The van der Waals surface area contributed by atoms with Gasteiger partial charge >= 0.3 is 0 Å². The molecule has 15 heavy (non-hydrogen) atoms. The number of benzene rings is 1. The number of phenols is 1. The van der Waals surface area contributed by atoms with Crippen LogP contribution in [0, 0.1) is 0 Å². The molecule has 82 valence electrons. The predicted octanol–water partition coefficient (Wildman–Crippen LogP) is 3.20. The van der Waals surface area contributed by atoms with Crippen molar-refractivity contribution in [2.75, 3.05) is 7.11 Å². The van der Waals surface area contributed by atoms with Crippen molar-refractivity contribution in [2.45, 2.75) is 37.7 Å². The van der Waals surface area contributed by atoms with E-state index in [4.69, 9.17) is 4.74 Å². The Bertz CT molecular complexity index is 310. The van der Waals surface area contributed by atoms with Crippen molar-refractivity contribution in [1.29, 1.82) is 0 Å². The molecule has 1 fully saturated rings. The smallest absolute Gasteiger partial charge is 0.115 e. The van der Waals surface area contributed by atoms with E-state index >= 15 is 0 Å². The molecule has 0 spiro atoms. The van der Waals surface area contributed by atoms with Crippen molar-refractivity contribution in [3.8, 4) is 5.75 Å². The van der Waals surface area contributed by atoms with Crippen LogP contribution in [0.4, 0.5) is 0 Å². The lowest BCUT2D eigenvalue weighted by Gasteiger charge is -2.36. The lowest BCUT2D eigenvalue weighted by molar-refractivity contribution is -0.0445. The minimum absolute atomic E-state index is 0.105. The minimum atomic E-state index is -0.105.